The molecule has 0 aliphatic carbocycles. The number of aliphatic hydroxyl groups excluding tert-OH is 1. The molecule has 98 valence electrons. The van der Waals surface area contributed by atoms with E-state index in [0.29, 0.717) is 30.5 Å². The van der Waals surface area contributed by atoms with Gasteiger partial charge in [0.2, 0.25) is 0 Å². The minimum absolute atomic E-state index is 0.0574. The Balaban J connectivity index is 2.74. The molecule has 0 heterocycles. The van der Waals surface area contributed by atoms with E-state index in [4.69, 9.17) is 5.11 Å². The summed E-state index contributed by atoms with van der Waals surface area (Å²) in [6.45, 7) is 2.09. The van der Waals surface area contributed by atoms with Gasteiger partial charge in [0.25, 0.3) is 11.6 Å². The number of aliphatic hydroxyl groups is 1. The fourth-order valence-corrected chi connectivity index (χ4v) is 1.60. The molecule has 0 fully saturated rings. The topological polar surface area (TPSA) is 92.5 Å². The van der Waals surface area contributed by atoms with E-state index in [1.807, 2.05) is 0 Å². The summed E-state index contributed by atoms with van der Waals surface area (Å²) < 4.78 is 0. The lowest BCUT2D eigenvalue weighted by Gasteiger charge is -2.07. The van der Waals surface area contributed by atoms with Crippen LogP contribution in [0.15, 0.2) is 18.2 Å². The molecule has 0 bridgehead atoms. The molecule has 6 nitrogen and oxygen atoms in total. The summed E-state index contributed by atoms with van der Waals surface area (Å²) in [6.07, 6.45) is 1.30. The number of hydrogen-bond acceptors (Lipinski definition) is 4. The van der Waals surface area contributed by atoms with E-state index < -0.39 is 4.92 Å². The first kappa shape index (κ1) is 14.1. The predicted octanol–water partition coefficient (Wildman–Crippen LogP) is 1.41. The second-order valence-corrected chi connectivity index (χ2v) is 3.89. The second-order valence-electron chi connectivity index (χ2n) is 3.89. The third-order valence-electron chi connectivity index (χ3n) is 2.62. The minimum atomic E-state index is -0.502. The molecule has 2 N–H and O–H groups in total. The third-order valence-corrected chi connectivity index (χ3v) is 2.62. The standard InChI is InChI=1S/C12H16N2O4/c1-9-10(5-4-6-11(9)14(17)18)12(16)13-7-2-3-8-15/h4-6,15H,2-3,7-8H2,1H3,(H,13,16). The maximum absolute atomic E-state index is 11.8. The highest BCUT2D eigenvalue weighted by molar-refractivity contribution is 5.96. The number of nitro benzene ring substituents is 1. The second kappa shape index (κ2) is 6.70. The van der Waals surface area contributed by atoms with Crippen molar-refractivity contribution in [3.63, 3.8) is 0 Å². The molecular formula is C12H16N2O4. The molecule has 0 saturated heterocycles. The van der Waals surface area contributed by atoms with Gasteiger partial charge < -0.3 is 10.4 Å². The molecule has 18 heavy (non-hydrogen) atoms. The van der Waals surface area contributed by atoms with E-state index in [2.05, 4.69) is 5.32 Å². The van der Waals surface area contributed by atoms with Crippen LogP contribution in [0.25, 0.3) is 0 Å². The van der Waals surface area contributed by atoms with E-state index in [9.17, 15) is 14.9 Å². The summed E-state index contributed by atoms with van der Waals surface area (Å²) in [5.74, 6) is -0.325. The first-order valence-corrected chi connectivity index (χ1v) is 5.71. The lowest BCUT2D eigenvalue weighted by atomic mass is 10.1. The van der Waals surface area contributed by atoms with Crippen molar-refractivity contribution in [1.29, 1.82) is 0 Å². The first-order chi connectivity index (χ1) is 8.57. The molecule has 0 aliphatic heterocycles. The van der Waals surface area contributed by atoms with Gasteiger partial charge in [0.15, 0.2) is 0 Å². The number of nitrogens with zero attached hydrogens (tertiary/aromatic N) is 1. The Kier molecular flexibility index (Phi) is 5.26. The van der Waals surface area contributed by atoms with Gasteiger partial charge in [-0.2, -0.15) is 0 Å². The average molecular weight is 252 g/mol. The van der Waals surface area contributed by atoms with Gasteiger partial charge in [0.1, 0.15) is 0 Å². The average Bonchev–Trinajstić information content (AvgIpc) is 2.34. The van der Waals surface area contributed by atoms with Crippen molar-refractivity contribution in [1.82, 2.24) is 5.32 Å². The van der Waals surface area contributed by atoms with Gasteiger partial charge in [-0.3, -0.25) is 14.9 Å². The van der Waals surface area contributed by atoms with E-state index in [1.54, 1.807) is 13.0 Å². The highest BCUT2D eigenvalue weighted by Gasteiger charge is 2.17. The molecule has 0 aromatic heterocycles. The molecule has 0 unspecified atom stereocenters. The van der Waals surface area contributed by atoms with Crippen molar-refractivity contribution in [3.05, 3.63) is 39.4 Å². The highest BCUT2D eigenvalue weighted by Crippen LogP contribution is 2.20. The smallest absolute Gasteiger partial charge is 0.273 e. The van der Waals surface area contributed by atoms with Crippen LogP contribution < -0.4 is 5.32 Å². The summed E-state index contributed by atoms with van der Waals surface area (Å²) in [5.41, 5.74) is 0.619. The fraction of sp³-hybridized carbons (Fsp3) is 0.417. The predicted molar refractivity (Wildman–Crippen MR) is 66.5 cm³/mol. The van der Waals surface area contributed by atoms with Crippen LogP contribution in [0.5, 0.6) is 0 Å². The summed E-state index contributed by atoms with van der Waals surface area (Å²) in [4.78, 5) is 22.0. The molecule has 1 aromatic carbocycles. The van der Waals surface area contributed by atoms with Crippen LogP contribution in [0.2, 0.25) is 0 Å². The third kappa shape index (κ3) is 3.53. The molecule has 0 aliphatic rings. The van der Waals surface area contributed by atoms with Crippen LogP contribution in [0, 0.1) is 17.0 Å². The number of carbonyl (C=O) groups is 1. The number of carbonyl (C=O) groups excluding carboxylic acids is 1. The van der Waals surface area contributed by atoms with Crippen molar-refractivity contribution in [2.75, 3.05) is 13.2 Å². The molecule has 0 saturated carbocycles. The Morgan fingerprint density at radius 1 is 1.44 bits per heavy atom. The molecule has 1 aromatic rings. The maximum atomic E-state index is 11.8. The summed E-state index contributed by atoms with van der Waals surface area (Å²) in [7, 11) is 0. The highest BCUT2D eigenvalue weighted by atomic mass is 16.6. The normalized spacial score (nSPS) is 10.1. The molecule has 1 amide bonds. The van der Waals surface area contributed by atoms with Gasteiger partial charge >= 0.3 is 0 Å². The molecular weight excluding hydrogens is 236 g/mol. The van der Waals surface area contributed by atoms with Crippen LogP contribution in [-0.4, -0.2) is 29.1 Å². The van der Waals surface area contributed by atoms with Gasteiger partial charge in [0.05, 0.1) is 4.92 Å². The number of nitro groups is 1. The van der Waals surface area contributed by atoms with Crippen molar-refractivity contribution in [2.45, 2.75) is 19.8 Å². The lowest BCUT2D eigenvalue weighted by molar-refractivity contribution is -0.385. The Morgan fingerprint density at radius 2 is 2.17 bits per heavy atom. The fourth-order valence-electron chi connectivity index (χ4n) is 1.60. The monoisotopic (exact) mass is 252 g/mol. The zero-order valence-corrected chi connectivity index (χ0v) is 10.2. The van der Waals surface area contributed by atoms with Crippen LogP contribution in [0.3, 0.4) is 0 Å². The Morgan fingerprint density at radius 3 is 2.78 bits per heavy atom. The molecule has 1 rings (SSSR count). The van der Waals surface area contributed by atoms with Gasteiger partial charge in [-0.15, -0.1) is 0 Å². The van der Waals surface area contributed by atoms with E-state index in [0.717, 1.165) is 0 Å². The van der Waals surface area contributed by atoms with Gasteiger partial charge in [0, 0.05) is 30.3 Å². The van der Waals surface area contributed by atoms with Gasteiger partial charge in [-0.05, 0) is 25.8 Å². The van der Waals surface area contributed by atoms with E-state index in [-0.39, 0.29) is 18.2 Å². The maximum Gasteiger partial charge on any atom is 0.273 e. The molecule has 6 heteroatoms. The van der Waals surface area contributed by atoms with Crippen molar-refractivity contribution in [3.8, 4) is 0 Å². The minimum Gasteiger partial charge on any atom is -0.396 e. The number of hydrogen-bond donors (Lipinski definition) is 2. The van der Waals surface area contributed by atoms with Gasteiger partial charge in [-0.1, -0.05) is 6.07 Å². The number of amides is 1. The van der Waals surface area contributed by atoms with Crippen molar-refractivity contribution < 1.29 is 14.8 Å². The van der Waals surface area contributed by atoms with Gasteiger partial charge in [-0.25, -0.2) is 0 Å². The van der Waals surface area contributed by atoms with Crippen LogP contribution in [0.4, 0.5) is 5.69 Å². The van der Waals surface area contributed by atoms with Crippen LogP contribution >= 0.6 is 0 Å². The van der Waals surface area contributed by atoms with E-state index >= 15 is 0 Å². The summed E-state index contributed by atoms with van der Waals surface area (Å²) >= 11 is 0. The molecule has 0 spiro atoms. The number of nitrogens with one attached hydrogen (secondary N) is 1. The largest absolute Gasteiger partial charge is 0.396 e. The Bertz CT molecular complexity index is 446. The zero-order chi connectivity index (χ0) is 13.5. The summed E-state index contributed by atoms with van der Waals surface area (Å²) in [5, 5.41) is 22.0. The quantitative estimate of drug-likeness (QED) is 0.454. The number of benzene rings is 1. The Hall–Kier alpha value is -1.95. The van der Waals surface area contributed by atoms with Crippen molar-refractivity contribution in [2.24, 2.45) is 0 Å². The van der Waals surface area contributed by atoms with Crippen molar-refractivity contribution >= 4 is 11.6 Å². The van der Waals surface area contributed by atoms with Crippen LogP contribution in [0.1, 0.15) is 28.8 Å². The zero-order valence-electron chi connectivity index (χ0n) is 10.2. The molecule has 0 radical (unpaired) electrons. The lowest BCUT2D eigenvalue weighted by Crippen LogP contribution is -2.25. The SMILES string of the molecule is Cc1c(C(=O)NCCCCO)cccc1[N+](=O)[O-]. The number of unbranched alkanes of at least 4 members (excludes halogenated alkanes) is 1. The first-order valence-electron chi connectivity index (χ1n) is 5.71. The van der Waals surface area contributed by atoms with Crippen LogP contribution in [-0.2, 0) is 0 Å². The summed E-state index contributed by atoms with van der Waals surface area (Å²) in [6, 6.07) is 4.43. The Labute approximate surface area is 105 Å². The molecule has 0 atom stereocenters. The van der Waals surface area contributed by atoms with E-state index in [1.165, 1.54) is 12.1 Å². The number of rotatable bonds is 6.